The first kappa shape index (κ1) is 20.8. The third-order valence-corrected chi connectivity index (χ3v) is 5.00. The van der Waals surface area contributed by atoms with E-state index in [9.17, 15) is 4.79 Å². The maximum atomic E-state index is 12.6. The fourth-order valence-electron chi connectivity index (χ4n) is 3.14. The van der Waals surface area contributed by atoms with Crippen LogP contribution in [0, 0.1) is 5.92 Å². The molecule has 4 rings (SSSR count). The van der Waals surface area contributed by atoms with Gasteiger partial charge in [-0.15, -0.1) is 0 Å². The van der Waals surface area contributed by atoms with E-state index in [2.05, 4.69) is 20.4 Å². The van der Waals surface area contributed by atoms with Gasteiger partial charge in [-0.25, -0.2) is 0 Å². The number of pyridine rings is 1. The highest BCUT2D eigenvalue weighted by molar-refractivity contribution is 6.30. The van der Waals surface area contributed by atoms with Gasteiger partial charge in [0.2, 0.25) is 17.6 Å². The van der Waals surface area contributed by atoms with Crippen LogP contribution in [0.25, 0.3) is 17.5 Å². The molecule has 2 aromatic heterocycles. The summed E-state index contributed by atoms with van der Waals surface area (Å²) >= 11 is 6.05. The molecule has 0 radical (unpaired) electrons. The molecule has 7 nitrogen and oxygen atoms in total. The van der Waals surface area contributed by atoms with E-state index in [4.69, 9.17) is 20.9 Å². The van der Waals surface area contributed by atoms with Crippen molar-refractivity contribution in [2.24, 2.45) is 5.92 Å². The molecule has 1 amide bonds. The second-order valence-electron chi connectivity index (χ2n) is 7.45. The number of ether oxygens (including phenoxy) is 1. The van der Waals surface area contributed by atoms with Crippen molar-refractivity contribution in [1.29, 1.82) is 0 Å². The second-order valence-corrected chi connectivity index (χ2v) is 7.88. The Labute approximate surface area is 184 Å². The summed E-state index contributed by atoms with van der Waals surface area (Å²) in [5.74, 6) is 1.36. The van der Waals surface area contributed by atoms with Crippen LogP contribution >= 0.6 is 11.6 Å². The number of carbonyl (C=O) groups is 1. The lowest BCUT2D eigenvalue weighted by atomic mass is 10.0. The minimum atomic E-state index is -0.420. The number of benzene rings is 1. The minimum absolute atomic E-state index is 0.0503. The van der Waals surface area contributed by atoms with E-state index in [1.807, 2.05) is 32.1 Å². The molecule has 0 aliphatic carbocycles. The number of halogens is 1. The van der Waals surface area contributed by atoms with E-state index in [-0.39, 0.29) is 11.8 Å². The smallest absolute Gasteiger partial charge is 0.249 e. The molecule has 1 N–H and O–H groups in total. The van der Waals surface area contributed by atoms with Crippen molar-refractivity contribution in [2.75, 3.05) is 6.61 Å². The molecular formula is C23H21ClN4O3. The Kier molecular flexibility index (Phi) is 6.13. The predicted molar refractivity (Wildman–Crippen MR) is 117 cm³/mol. The number of hydrogen-bond donors (Lipinski definition) is 1. The topological polar surface area (TPSA) is 90.1 Å². The van der Waals surface area contributed by atoms with Gasteiger partial charge < -0.3 is 14.6 Å². The average molecular weight is 437 g/mol. The predicted octanol–water partition coefficient (Wildman–Crippen LogP) is 4.63. The summed E-state index contributed by atoms with van der Waals surface area (Å²) in [7, 11) is 0. The Balaban J connectivity index is 1.46. The Morgan fingerprint density at radius 3 is 2.81 bits per heavy atom. The van der Waals surface area contributed by atoms with Gasteiger partial charge in [0.1, 0.15) is 18.4 Å². The number of carbonyl (C=O) groups excluding carboxylic acids is 1. The Bertz CT molecular complexity index is 1140. The van der Waals surface area contributed by atoms with E-state index in [1.54, 1.807) is 36.7 Å². The molecule has 158 valence electrons. The Morgan fingerprint density at radius 2 is 2.03 bits per heavy atom. The van der Waals surface area contributed by atoms with Gasteiger partial charge in [0, 0.05) is 34.6 Å². The van der Waals surface area contributed by atoms with Crippen LogP contribution in [-0.2, 0) is 4.79 Å². The fourth-order valence-corrected chi connectivity index (χ4v) is 3.32. The van der Waals surface area contributed by atoms with Crippen molar-refractivity contribution >= 4 is 23.6 Å². The minimum Gasteiger partial charge on any atom is -0.488 e. The van der Waals surface area contributed by atoms with Gasteiger partial charge in [-0.3, -0.25) is 9.78 Å². The third-order valence-electron chi connectivity index (χ3n) is 4.77. The Morgan fingerprint density at radius 1 is 1.23 bits per heavy atom. The van der Waals surface area contributed by atoms with Gasteiger partial charge in [-0.05, 0) is 47.9 Å². The van der Waals surface area contributed by atoms with Gasteiger partial charge in [0.25, 0.3) is 0 Å². The lowest BCUT2D eigenvalue weighted by Gasteiger charge is -2.18. The highest BCUT2D eigenvalue weighted by Crippen LogP contribution is 2.29. The first-order valence-electron chi connectivity index (χ1n) is 9.85. The van der Waals surface area contributed by atoms with Gasteiger partial charge in [-0.2, -0.15) is 4.98 Å². The number of nitrogens with zero attached hydrogens (tertiary/aromatic N) is 3. The first-order chi connectivity index (χ1) is 15.0. The van der Waals surface area contributed by atoms with E-state index in [1.165, 1.54) is 6.08 Å². The molecule has 0 fully saturated rings. The lowest BCUT2D eigenvalue weighted by Crippen LogP contribution is -2.30. The average Bonchev–Trinajstić information content (AvgIpc) is 3.26. The summed E-state index contributed by atoms with van der Waals surface area (Å²) < 4.78 is 11.1. The molecule has 1 aliphatic rings. The largest absolute Gasteiger partial charge is 0.488 e. The molecule has 1 atom stereocenters. The maximum absolute atomic E-state index is 12.6. The molecule has 0 saturated carbocycles. The second kappa shape index (κ2) is 9.14. The van der Waals surface area contributed by atoms with Crippen molar-refractivity contribution < 1.29 is 14.1 Å². The molecule has 8 heteroatoms. The molecule has 0 bridgehead atoms. The number of aromatic nitrogens is 3. The standard InChI is InChI=1S/C23H21ClN4O3/c1-14(2)21(23-27-22(28-31-23)16-7-9-25-10-8-16)26-20(29)6-3-15-11-17-12-18(24)4-5-19(17)30-13-15/h3-12,14,21H,13H2,1-2H3,(H,26,29)/b6-3+. The van der Waals surface area contributed by atoms with Gasteiger partial charge in [0.15, 0.2) is 0 Å². The van der Waals surface area contributed by atoms with Gasteiger partial charge >= 0.3 is 0 Å². The quantitative estimate of drug-likeness (QED) is 0.566. The molecule has 3 aromatic rings. The number of hydrogen-bond acceptors (Lipinski definition) is 6. The highest BCUT2D eigenvalue weighted by Gasteiger charge is 2.24. The zero-order valence-electron chi connectivity index (χ0n) is 17.1. The number of fused-ring (bicyclic) bond motifs is 1. The summed E-state index contributed by atoms with van der Waals surface area (Å²) in [5.41, 5.74) is 2.54. The monoisotopic (exact) mass is 436 g/mol. The van der Waals surface area contributed by atoms with E-state index >= 15 is 0 Å². The van der Waals surface area contributed by atoms with Crippen LogP contribution in [0.4, 0.5) is 0 Å². The van der Waals surface area contributed by atoms with Crippen LogP contribution in [0.5, 0.6) is 5.75 Å². The van der Waals surface area contributed by atoms with Crippen molar-refractivity contribution in [2.45, 2.75) is 19.9 Å². The molecule has 0 saturated heterocycles. The summed E-state index contributed by atoms with van der Waals surface area (Å²) in [6, 6.07) is 8.62. The maximum Gasteiger partial charge on any atom is 0.249 e. The van der Waals surface area contributed by atoms with Gasteiger partial charge in [0.05, 0.1) is 0 Å². The number of amides is 1. The SMILES string of the molecule is CC(C)C(NC(=O)/C=C/C1=Cc2cc(Cl)ccc2OC1)c1nc(-c2ccncc2)no1. The molecule has 1 aliphatic heterocycles. The van der Waals surface area contributed by atoms with Gasteiger partial charge in [-0.1, -0.05) is 36.7 Å². The molecule has 31 heavy (non-hydrogen) atoms. The summed E-state index contributed by atoms with van der Waals surface area (Å²) in [5, 5.41) is 7.60. The van der Waals surface area contributed by atoms with Crippen molar-refractivity contribution in [3.05, 3.63) is 76.9 Å². The molecule has 1 aromatic carbocycles. The fraction of sp³-hybridized carbons (Fsp3) is 0.217. The Hall–Kier alpha value is -3.45. The van der Waals surface area contributed by atoms with E-state index in [0.29, 0.717) is 23.3 Å². The highest BCUT2D eigenvalue weighted by atomic mass is 35.5. The summed E-state index contributed by atoms with van der Waals surface area (Å²) in [6.45, 7) is 4.33. The number of rotatable bonds is 6. The van der Waals surface area contributed by atoms with Crippen LogP contribution < -0.4 is 10.1 Å². The molecular weight excluding hydrogens is 416 g/mol. The van der Waals surface area contributed by atoms with Crippen LogP contribution in [0.1, 0.15) is 31.3 Å². The molecule has 3 heterocycles. The molecule has 1 unspecified atom stereocenters. The summed E-state index contributed by atoms with van der Waals surface area (Å²) in [6.07, 6.45) is 8.47. The van der Waals surface area contributed by atoms with Crippen molar-refractivity contribution in [3.8, 4) is 17.1 Å². The number of nitrogens with one attached hydrogen (secondary N) is 1. The van der Waals surface area contributed by atoms with E-state index in [0.717, 1.165) is 22.4 Å². The van der Waals surface area contributed by atoms with Crippen LogP contribution in [-0.4, -0.2) is 27.6 Å². The van der Waals surface area contributed by atoms with Crippen molar-refractivity contribution in [1.82, 2.24) is 20.4 Å². The van der Waals surface area contributed by atoms with Crippen LogP contribution in [0.15, 0.2) is 65.0 Å². The van der Waals surface area contributed by atoms with Crippen LogP contribution in [0.2, 0.25) is 5.02 Å². The normalized spacial score (nSPS) is 14.1. The summed E-state index contributed by atoms with van der Waals surface area (Å²) in [4.78, 5) is 21.0. The van der Waals surface area contributed by atoms with Crippen molar-refractivity contribution in [3.63, 3.8) is 0 Å². The third kappa shape index (κ3) is 5.00. The van der Waals surface area contributed by atoms with Crippen LogP contribution in [0.3, 0.4) is 0 Å². The molecule has 0 spiro atoms. The van der Waals surface area contributed by atoms with E-state index < -0.39 is 6.04 Å². The first-order valence-corrected chi connectivity index (χ1v) is 10.2. The zero-order chi connectivity index (χ0) is 21.8. The zero-order valence-corrected chi connectivity index (χ0v) is 17.8. The lowest BCUT2D eigenvalue weighted by molar-refractivity contribution is -0.117.